The maximum Gasteiger partial charge on any atom is 0.266 e. The van der Waals surface area contributed by atoms with Crippen LogP contribution in [0.4, 0.5) is 10.1 Å². The summed E-state index contributed by atoms with van der Waals surface area (Å²) in [6.45, 7) is 3.45. The van der Waals surface area contributed by atoms with Gasteiger partial charge in [-0.15, -0.1) is 11.3 Å². The van der Waals surface area contributed by atoms with Gasteiger partial charge in [0.25, 0.3) is 11.5 Å². The second-order valence-corrected chi connectivity index (χ2v) is 6.31. The van der Waals surface area contributed by atoms with E-state index in [-0.39, 0.29) is 17.3 Å². The molecule has 0 radical (unpaired) electrons. The molecule has 2 aromatic heterocycles. The Balaban J connectivity index is 2.03. The molecular formula is C16H14FN3O2S. The van der Waals surface area contributed by atoms with Gasteiger partial charge in [0, 0.05) is 12.7 Å². The van der Waals surface area contributed by atoms with Crippen LogP contribution >= 0.6 is 11.3 Å². The molecule has 1 amide bonds. The van der Waals surface area contributed by atoms with Crippen molar-refractivity contribution in [2.24, 2.45) is 7.05 Å². The van der Waals surface area contributed by atoms with E-state index >= 15 is 0 Å². The zero-order chi connectivity index (χ0) is 16.7. The van der Waals surface area contributed by atoms with Crippen LogP contribution in [0, 0.1) is 19.7 Å². The SMILES string of the molecule is Cc1cc(F)ccc1NC(=O)c1sc2ncn(C)c(=O)c2c1C. The topological polar surface area (TPSA) is 64.0 Å². The van der Waals surface area contributed by atoms with Gasteiger partial charge < -0.3 is 9.88 Å². The Morgan fingerprint density at radius 1 is 1.35 bits per heavy atom. The van der Waals surface area contributed by atoms with Crippen LogP contribution in [0.1, 0.15) is 20.8 Å². The van der Waals surface area contributed by atoms with Gasteiger partial charge in [-0.1, -0.05) is 0 Å². The number of rotatable bonds is 2. The molecule has 0 saturated heterocycles. The largest absolute Gasteiger partial charge is 0.321 e. The molecule has 5 nitrogen and oxygen atoms in total. The van der Waals surface area contributed by atoms with Gasteiger partial charge in [-0.05, 0) is 43.2 Å². The van der Waals surface area contributed by atoms with Crippen LogP contribution in [0.2, 0.25) is 0 Å². The summed E-state index contributed by atoms with van der Waals surface area (Å²) in [4.78, 5) is 29.9. The lowest BCUT2D eigenvalue weighted by Crippen LogP contribution is -2.17. The lowest BCUT2D eigenvalue weighted by atomic mass is 10.1. The number of carbonyl (C=O) groups is 1. The Labute approximate surface area is 135 Å². The van der Waals surface area contributed by atoms with E-state index in [1.807, 2.05) is 0 Å². The molecule has 23 heavy (non-hydrogen) atoms. The van der Waals surface area contributed by atoms with Crippen LogP contribution in [0.25, 0.3) is 10.2 Å². The second kappa shape index (κ2) is 5.58. The fraction of sp³-hybridized carbons (Fsp3) is 0.188. The zero-order valence-corrected chi connectivity index (χ0v) is 13.6. The number of anilines is 1. The van der Waals surface area contributed by atoms with Gasteiger partial charge in [0.2, 0.25) is 0 Å². The van der Waals surface area contributed by atoms with Crippen LogP contribution in [0.15, 0.2) is 29.3 Å². The van der Waals surface area contributed by atoms with Crippen LogP contribution < -0.4 is 10.9 Å². The Morgan fingerprint density at radius 2 is 2.09 bits per heavy atom. The lowest BCUT2D eigenvalue weighted by molar-refractivity contribution is 0.103. The molecule has 0 saturated carbocycles. The molecule has 7 heteroatoms. The highest BCUT2D eigenvalue weighted by atomic mass is 32.1. The van der Waals surface area contributed by atoms with Crippen molar-refractivity contribution in [3.05, 3.63) is 56.7 Å². The maximum atomic E-state index is 13.1. The summed E-state index contributed by atoms with van der Waals surface area (Å²) in [7, 11) is 1.62. The Kier molecular flexibility index (Phi) is 3.73. The molecule has 0 fully saturated rings. The summed E-state index contributed by atoms with van der Waals surface area (Å²) in [6.07, 6.45) is 1.44. The molecule has 0 bridgehead atoms. The van der Waals surface area contributed by atoms with Crippen LogP contribution in [0.3, 0.4) is 0 Å². The van der Waals surface area contributed by atoms with E-state index < -0.39 is 0 Å². The normalized spacial score (nSPS) is 11.0. The van der Waals surface area contributed by atoms with Gasteiger partial charge in [-0.2, -0.15) is 0 Å². The van der Waals surface area contributed by atoms with Crippen molar-refractivity contribution >= 4 is 33.1 Å². The van der Waals surface area contributed by atoms with E-state index in [9.17, 15) is 14.0 Å². The van der Waals surface area contributed by atoms with Gasteiger partial charge in [0.05, 0.1) is 16.6 Å². The Morgan fingerprint density at radius 3 is 2.78 bits per heavy atom. The highest BCUT2D eigenvalue weighted by Gasteiger charge is 2.19. The number of aryl methyl sites for hydroxylation is 3. The predicted molar refractivity (Wildman–Crippen MR) is 88.7 cm³/mol. The molecular weight excluding hydrogens is 317 g/mol. The van der Waals surface area contributed by atoms with Crippen molar-refractivity contribution in [3.8, 4) is 0 Å². The third-order valence-electron chi connectivity index (χ3n) is 3.65. The highest BCUT2D eigenvalue weighted by molar-refractivity contribution is 7.20. The van der Waals surface area contributed by atoms with Crippen LogP contribution in [-0.4, -0.2) is 15.5 Å². The third kappa shape index (κ3) is 2.63. The molecule has 3 rings (SSSR count). The second-order valence-electron chi connectivity index (χ2n) is 5.31. The first-order valence-electron chi connectivity index (χ1n) is 6.90. The number of fused-ring (bicyclic) bond motifs is 1. The van der Waals surface area contributed by atoms with Gasteiger partial charge in [0.15, 0.2) is 0 Å². The third-order valence-corrected chi connectivity index (χ3v) is 4.85. The Bertz CT molecular complexity index is 991. The van der Waals surface area contributed by atoms with Gasteiger partial charge in [-0.3, -0.25) is 9.59 Å². The van der Waals surface area contributed by atoms with Gasteiger partial charge >= 0.3 is 0 Å². The minimum atomic E-state index is -0.355. The van der Waals surface area contributed by atoms with Crippen LogP contribution in [-0.2, 0) is 7.05 Å². The number of hydrogen-bond acceptors (Lipinski definition) is 4. The monoisotopic (exact) mass is 331 g/mol. The molecule has 0 aliphatic heterocycles. The fourth-order valence-electron chi connectivity index (χ4n) is 2.37. The number of carbonyl (C=O) groups excluding carboxylic acids is 1. The molecule has 1 aromatic carbocycles. The predicted octanol–water partition coefficient (Wildman–Crippen LogP) is 3.00. The number of amides is 1. The first kappa shape index (κ1) is 15.4. The van der Waals surface area contributed by atoms with Crippen LogP contribution in [0.5, 0.6) is 0 Å². The van der Waals surface area contributed by atoms with Crippen molar-refractivity contribution in [1.82, 2.24) is 9.55 Å². The molecule has 2 heterocycles. The average molecular weight is 331 g/mol. The van der Waals surface area contributed by atoms with E-state index in [1.165, 1.54) is 40.4 Å². The van der Waals surface area contributed by atoms with E-state index in [0.717, 1.165) is 0 Å². The summed E-state index contributed by atoms with van der Waals surface area (Å²) in [5.41, 5.74) is 1.59. The molecule has 0 atom stereocenters. The summed E-state index contributed by atoms with van der Waals surface area (Å²) < 4.78 is 14.5. The minimum Gasteiger partial charge on any atom is -0.321 e. The van der Waals surface area contributed by atoms with Crippen molar-refractivity contribution in [2.45, 2.75) is 13.8 Å². The number of hydrogen-bond donors (Lipinski definition) is 1. The first-order valence-corrected chi connectivity index (χ1v) is 7.72. The zero-order valence-electron chi connectivity index (χ0n) is 12.8. The molecule has 0 aliphatic carbocycles. The molecule has 3 aromatic rings. The minimum absolute atomic E-state index is 0.180. The standard InChI is InChI=1S/C16H14FN3O2S/c1-8-6-10(17)4-5-11(8)19-14(21)13-9(2)12-15(23-13)18-7-20(3)16(12)22/h4-7H,1-3H3,(H,19,21). The molecule has 0 unspecified atom stereocenters. The number of nitrogens with zero attached hydrogens (tertiary/aromatic N) is 2. The van der Waals surface area contributed by atoms with E-state index in [1.54, 1.807) is 20.9 Å². The molecule has 1 N–H and O–H groups in total. The van der Waals surface area contributed by atoms with Crippen molar-refractivity contribution < 1.29 is 9.18 Å². The quantitative estimate of drug-likeness (QED) is 0.785. The average Bonchev–Trinajstić information content (AvgIpc) is 2.84. The number of nitrogens with one attached hydrogen (secondary N) is 1. The molecule has 0 spiro atoms. The lowest BCUT2D eigenvalue weighted by Gasteiger charge is -2.07. The number of thiophene rings is 1. The summed E-state index contributed by atoms with van der Waals surface area (Å²) >= 11 is 1.17. The Hall–Kier alpha value is -2.54. The van der Waals surface area contributed by atoms with Crippen molar-refractivity contribution in [2.75, 3.05) is 5.32 Å². The van der Waals surface area contributed by atoms with Gasteiger partial charge in [-0.25, -0.2) is 9.37 Å². The fourth-order valence-corrected chi connectivity index (χ4v) is 3.41. The van der Waals surface area contributed by atoms with E-state index in [0.29, 0.717) is 31.9 Å². The van der Waals surface area contributed by atoms with E-state index in [4.69, 9.17) is 0 Å². The van der Waals surface area contributed by atoms with Crippen molar-refractivity contribution in [1.29, 1.82) is 0 Å². The maximum absolute atomic E-state index is 13.1. The number of benzene rings is 1. The number of aromatic nitrogens is 2. The van der Waals surface area contributed by atoms with Gasteiger partial charge in [0.1, 0.15) is 10.6 Å². The molecule has 0 aliphatic rings. The molecule has 118 valence electrons. The summed E-state index contributed by atoms with van der Waals surface area (Å²) in [5.74, 6) is -0.687. The first-order chi connectivity index (χ1) is 10.9. The van der Waals surface area contributed by atoms with E-state index in [2.05, 4.69) is 10.3 Å². The highest BCUT2D eigenvalue weighted by Crippen LogP contribution is 2.28. The van der Waals surface area contributed by atoms with Crippen molar-refractivity contribution in [3.63, 3.8) is 0 Å². The summed E-state index contributed by atoms with van der Waals surface area (Å²) in [6, 6.07) is 4.16. The smallest absolute Gasteiger partial charge is 0.266 e. The summed E-state index contributed by atoms with van der Waals surface area (Å²) in [5, 5.41) is 3.22. The number of halogens is 1.